The molecule has 1 unspecified atom stereocenters. The third kappa shape index (κ3) is 7.81. The number of carbonyl (C=O) groups is 2. The first-order chi connectivity index (χ1) is 10.4. The summed E-state index contributed by atoms with van der Waals surface area (Å²) in [4.78, 5) is 22.3. The Morgan fingerprint density at radius 3 is 2.18 bits per heavy atom. The molecule has 4 heteroatoms. The lowest BCUT2D eigenvalue weighted by atomic mass is 10.0. The molecule has 4 nitrogen and oxygen atoms in total. The normalized spacial score (nSPS) is 12.2. The summed E-state index contributed by atoms with van der Waals surface area (Å²) in [5, 5.41) is 11.5. The van der Waals surface area contributed by atoms with Crippen molar-refractivity contribution in [2.45, 2.75) is 58.9 Å². The van der Waals surface area contributed by atoms with E-state index in [1.807, 2.05) is 6.92 Å². The first-order valence-electron chi connectivity index (χ1n) is 7.95. The van der Waals surface area contributed by atoms with Gasteiger partial charge in [0, 0.05) is 18.9 Å². The molecule has 1 amide bonds. The highest BCUT2D eigenvalue weighted by Crippen LogP contribution is 2.11. The number of carbonyl (C=O) groups excluding carboxylic acids is 1. The monoisotopic (exact) mass is 305 g/mol. The highest BCUT2D eigenvalue weighted by molar-refractivity contribution is 5.76. The molecule has 0 saturated carbocycles. The summed E-state index contributed by atoms with van der Waals surface area (Å²) < 4.78 is 0. The fourth-order valence-electron chi connectivity index (χ4n) is 2.33. The van der Waals surface area contributed by atoms with Crippen molar-refractivity contribution < 1.29 is 14.7 Å². The van der Waals surface area contributed by atoms with Crippen LogP contribution in [0.1, 0.15) is 51.2 Å². The minimum atomic E-state index is -0.831. The number of benzene rings is 1. The van der Waals surface area contributed by atoms with Gasteiger partial charge in [0.1, 0.15) is 0 Å². The zero-order valence-corrected chi connectivity index (χ0v) is 13.8. The van der Waals surface area contributed by atoms with Crippen molar-refractivity contribution >= 4 is 11.9 Å². The van der Waals surface area contributed by atoms with Crippen molar-refractivity contribution in [1.29, 1.82) is 0 Å². The van der Waals surface area contributed by atoms with Gasteiger partial charge < -0.3 is 10.4 Å². The summed E-state index contributed by atoms with van der Waals surface area (Å²) in [5.41, 5.74) is 2.48. The van der Waals surface area contributed by atoms with Crippen LogP contribution >= 0.6 is 0 Å². The molecule has 0 aliphatic heterocycles. The average molecular weight is 305 g/mol. The summed E-state index contributed by atoms with van der Waals surface area (Å²) >= 11 is 0. The second-order valence-electron chi connectivity index (χ2n) is 6.32. The second kappa shape index (κ2) is 9.23. The Labute approximate surface area is 132 Å². The molecule has 0 aromatic heterocycles. The highest BCUT2D eigenvalue weighted by atomic mass is 16.4. The van der Waals surface area contributed by atoms with E-state index in [1.54, 1.807) is 0 Å². The molecule has 0 bridgehead atoms. The SMILES string of the molecule is CC(C)Cc1ccc(CCC(=O)NC(C)CCC(=O)O)cc1. The highest BCUT2D eigenvalue weighted by Gasteiger charge is 2.09. The molecule has 122 valence electrons. The largest absolute Gasteiger partial charge is 0.481 e. The minimum absolute atomic E-state index is 0.0239. The van der Waals surface area contributed by atoms with E-state index >= 15 is 0 Å². The van der Waals surface area contributed by atoms with E-state index in [9.17, 15) is 9.59 Å². The Morgan fingerprint density at radius 2 is 1.64 bits per heavy atom. The third-order valence-electron chi connectivity index (χ3n) is 3.51. The van der Waals surface area contributed by atoms with E-state index in [-0.39, 0.29) is 18.4 Å². The van der Waals surface area contributed by atoms with Crippen LogP contribution in [-0.4, -0.2) is 23.0 Å². The Bertz CT molecular complexity index is 480. The van der Waals surface area contributed by atoms with Crippen molar-refractivity contribution in [2.24, 2.45) is 5.92 Å². The minimum Gasteiger partial charge on any atom is -0.481 e. The van der Waals surface area contributed by atoms with Gasteiger partial charge in [-0.2, -0.15) is 0 Å². The molecule has 0 aliphatic carbocycles. The molecule has 22 heavy (non-hydrogen) atoms. The van der Waals surface area contributed by atoms with Crippen LogP contribution in [0.25, 0.3) is 0 Å². The molecule has 1 rings (SSSR count). The number of hydrogen-bond acceptors (Lipinski definition) is 2. The van der Waals surface area contributed by atoms with Gasteiger partial charge in [-0.15, -0.1) is 0 Å². The van der Waals surface area contributed by atoms with Crippen LogP contribution in [0.4, 0.5) is 0 Å². The van der Waals surface area contributed by atoms with Crippen LogP contribution in [0.5, 0.6) is 0 Å². The Morgan fingerprint density at radius 1 is 1.05 bits per heavy atom. The predicted molar refractivity (Wildman–Crippen MR) is 87.8 cm³/mol. The quantitative estimate of drug-likeness (QED) is 0.736. The van der Waals surface area contributed by atoms with E-state index in [0.29, 0.717) is 25.2 Å². The predicted octanol–water partition coefficient (Wildman–Crippen LogP) is 3.19. The molecule has 1 aromatic rings. The van der Waals surface area contributed by atoms with Crippen molar-refractivity contribution in [3.8, 4) is 0 Å². The lowest BCUT2D eigenvalue weighted by Crippen LogP contribution is -2.33. The van der Waals surface area contributed by atoms with Gasteiger partial charge in [-0.05, 0) is 43.2 Å². The number of carboxylic acid groups (broad SMARTS) is 1. The number of amides is 1. The van der Waals surface area contributed by atoms with Gasteiger partial charge in [0.05, 0.1) is 0 Å². The van der Waals surface area contributed by atoms with Crippen molar-refractivity contribution in [3.63, 3.8) is 0 Å². The topological polar surface area (TPSA) is 66.4 Å². The fourth-order valence-corrected chi connectivity index (χ4v) is 2.33. The second-order valence-corrected chi connectivity index (χ2v) is 6.32. The summed E-state index contributed by atoms with van der Waals surface area (Å²) in [5.74, 6) is -0.212. The van der Waals surface area contributed by atoms with Crippen LogP contribution in [0.2, 0.25) is 0 Å². The Kier molecular flexibility index (Phi) is 7.64. The molecule has 0 aliphatic rings. The van der Waals surface area contributed by atoms with E-state index in [0.717, 1.165) is 12.0 Å². The van der Waals surface area contributed by atoms with Crippen molar-refractivity contribution in [2.75, 3.05) is 0 Å². The van der Waals surface area contributed by atoms with Gasteiger partial charge in [0.2, 0.25) is 5.91 Å². The molecule has 0 spiro atoms. The summed E-state index contributed by atoms with van der Waals surface area (Å²) in [7, 11) is 0. The number of hydrogen-bond donors (Lipinski definition) is 2. The Balaban J connectivity index is 2.33. The van der Waals surface area contributed by atoms with Crippen LogP contribution in [0.3, 0.4) is 0 Å². The summed E-state index contributed by atoms with van der Waals surface area (Å²) in [6, 6.07) is 8.32. The summed E-state index contributed by atoms with van der Waals surface area (Å²) in [6.45, 7) is 6.23. The van der Waals surface area contributed by atoms with E-state index < -0.39 is 5.97 Å². The maximum atomic E-state index is 11.8. The molecule has 2 N–H and O–H groups in total. The van der Waals surface area contributed by atoms with Crippen LogP contribution in [0.15, 0.2) is 24.3 Å². The molecule has 1 aromatic carbocycles. The molecule has 0 radical (unpaired) electrons. The fraction of sp³-hybridized carbons (Fsp3) is 0.556. The number of rotatable bonds is 9. The number of nitrogens with one attached hydrogen (secondary N) is 1. The van der Waals surface area contributed by atoms with Crippen molar-refractivity contribution in [3.05, 3.63) is 35.4 Å². The molecular formula is C18H27NO3. The molecule has 0 fully saturated rings. The lowest BCUT2D eigenvalue weighted by Gasteiger charge is -2.12. The maximum absolute atomic E-state index is 11.8. The standard InChI is InChI=1S/C18H27NO3/c1-13(2)12-16-7-5-15(6-8-16)9-10-17(20)19-14(3)4-11-18(21)22/h5-8,13-14H,4,9-12H2,1-3H3,(H,19,20)(H,21,22). The zero-order chi connectivity index (χ0) is 16.5. The van der Waals surface area contributed by atoms with Gasteiger partial charge >= 0.3 is 5.97 Å². The average Bonchev–Trinajstić information content (AvgIpc) is 2.44. The number of aliphatic carboxylic acids is 1. The van der Waals surface area contributed by atoms with Gasteiger partial charge in [0.25, 0.3) is 0 Å². The van der Waals surface area contributed by atoms with E-state index in [4.69, 9.17) is 5.11 Å². The van der Waals surface area contributed by atoms with Gasteiger partial charge in [-0.3, -0.25) is 9.59 Å². The van der Waals surface area contributed by atoms with E-state index in [1.165, 1.54) is 5.56 Å². The van der Waals surface area contributed by atoms with Crippen LogP contribution < -0.4 is 5.32 Å². The van der Waals surface area contributed by atoms with Gasteiger partial charge in [-0.1, -0.05) is 38.1 Å². The Hall–Kier alpha value is -1.84. The molecule has 1 atom stereocenters. The number of aryl methyl sites for hydroxylation is 1. The van der Waals surface area contributed by atoms with Gasteiger partial charge in [0.15, 0.2) is 0 Å². The molecule has 0 saturated heterocycles. The molecular weight excluding hydrogens is 278 g/mol. The van der Waals surface area contributed by atoms with Gasteiger partial charge in [-0.25, -0.2) is 0 Å². The van der Waals surface area contributed by atoms with Crippen LogP contribution in [0, 0.1) is 5.92 Å². The number of carboxylic acids is 1. The first-order valence-corrected chi connectivity index (χ1v) is 7.95. The maximum Gasteiger partial charge on any atom is 0.303 e. The zero-order valence-electron chi connectivity index (χ0n) is 13.8. The molecule has 0 heterocycles. The summed E-state index contributed by atoms with van der Waals surface area (Å²) in [6.07, 6.45) is 2.76. The van der Waals surface area contributed by atoms with Crippen molar-refractivity contribution in [1.82, 2.24) is 5.32 Å². The van der Waals surface area contributed by atoms with E-state index in [2.05, 4.69) is 43.4 Å². The smallest absolute Gasteiger partial charge is 0.303 e. The lowest BCUT2D eigenvalue weighted by molar-refractivity contribution is -0.137. The third-order valence-corrected chi connectivity index (χ3v) is 3.51. The first kappa shape index (κ1) is 18.2. The van der Waals surface area contributed by atoms with Crippen LogP contribution in [-0.2, 0) is 22.4 Å².